The molecule has 3 atom stereocenters. The fraction of sp³-hybridized carbons (Fsp3) is 0.529. The summed E-state index contributed by atoms with van der Waals surface area (Å²) in [5, 5.41) is 8.11. The predicted octanol–water partition coefficient (Wildman–Crippen LogP) is 2.45. The Balaban J connectivity index is 1.59. The Morgan fingerprint density at radius 1 is 1.32 bits per heavy atom. The molecule has 5 nitrogen and oxygen atoms in total. The Kier molecular flexibility index (Phi) is 3.37. The van der Waals surface area contributed by atoms with Crippen molar-refractivity contribution in [1.82, 2.24) is 15.1 Å². The molecule has 2 heterocycles. The molecule has 5 heteroatoms. The van der Waals surface area contributed by atoms with Gasteiger partial charge in [-0.1, -0.05) is 24.6 Å². The summed E-state index contributed by atoms with van der Waals surface area (Å²) < 4.78 is 5.63. The zero-order valence-electron chi connectivity index (χ0n) is 12.8. The van der Waals surface area contributed by atoms with Crippen LogP contribution in [0.15, 0.2) is 24.3 Å². The first-order valence-corrected chi connectivity index (χ1v) is 8.03. The van der Waals surface area contributed by atoms with Gasteiger partial charge in [-0.15, -0.1) is 0 Å². The van der Waals surface area contributed by atoms with Gasteiger partial charge in [0.25, 0.3) is 5.91 Å². The van der Waals surface area contributed by atoms with Crippen LogP contribution in [-0.4, -0.2) is 47.3 Å². The number of nitrogens with one attached hydrogen (secondary N) is 1. The molecule has 2 aromatic rings. The number of amides is 1. The van der Waals surface area contributed by atoms with Crippen LogP contribution in [0.25, 0.3) is 10.9 Å². The highest BCUT2D eigenvalue weighted by Gasteiger charge is 2.42. The monoisotopic (exact) mass is 299 g/mol. The summed E-state index contributed by atoms with van der Waals surface area (Å²) in [6.45, 7) is 1.63. The first-order chi connectivity index (χ1) is 10.8. The van der Waals surface area contributed by atoms with Gasteiger partial charge in [-0.25, -0.2) is 0 Å². The van der Waals surface area contributed by atoms with Crippen LogP contribution in [0.5, 0.6) is 0 Å². The highest BCUT2D eigenvalue weighted by atomic mass is 16.5. The van der Waals surface area contributed by atoms with Gasteiger partial charge < -0.3 is 9.64 Å². The minimum atomic E-state index is 0.0432. The van der Waals surface area contributed by atoms with Gasteiger partial charge in [-0.2, -0.15) is 5.10 Å². The Bertz CT molecular complexity index is 696. The van der Waals surface area contributed by atoms with Crippen LogP contribution in [0, 0.1) is 11.8 Å². The van der Waals surface area contributed by atoms with Crippen molar-refractivity contribution in [3.05, 3.63) is 30.0 Å². The number of nitrogens with zero attached hydrogens (tertiary/aromatic N) is 2. The molecule has 1 aromatic heterocycles. The van der Waals surface area contributed by atoms with Crippen molar-refractivity contribution < 1.29 is 9.53 Å². The van der Waals surface area contributed by atoms with Crippen molar-refractivity contribution in [2.24, 2.45) is 11.8 Å². The van der Waals surface area contributed by atoms with Crippen molar-refractivity contribution in [3.8, 4) is 0 Å². The molecule has 1 saturated carbocycles. The molecule has 0 bridgehead atoms. The molecule has 0 spiro atoms. The third kappa shape index (κ3) is 2.11. The van der Waals surface area contributed by atoms with Crippen LogP contribution in [0.3, 0.4) is 0 Å². The smallest absolute Gasteiger partial charge is 0.275 e. The van der Waals surface area contributed by atoms with E-state index < -0.39 is 0 Å². The number of carbonyl (C=O) groups is 1. The molecule has 1 saturated heterocycles. The average Bonchev–Trinajstić information content (AvgIpc) is 3.17. The van der Waals surface area contributed by atoms with Crippen LogP contribution in [0.2, 0.25) is 0 Å². The van der Waals surface area contributed by atoms with Crippen LogP contribution in [0.4, 0.5) is 0 Å². The van der Waals surface area contributed by atoms with Crippen LogP contribution in [-0.2, 0) is 4.74 Å². The second-order valence-corrected chi connectivity index (χ2v) is 6.46. The van der Waals surface area contributed by atoms with Crippen LogP contribution >= 0.6 is 0 Å². The molecule has 2 aliphatic rings. The van der Waals surface area contributed by atoms with E-state index in [9.17, 15) is 4.79 Å². The molecule has 4 rings (SSSR count). The van der Waals surface area contributed by atoms with E-state index in [1.165, 1.54) is 12.8 Å². The first-order valence-electron chi connectivity index (χ1n) is 8.03. The van der Waals surface area contributed by atoms with Crippen molar-refractivity contribution >= 4 is 16.8 Å². The Morgan fingerprint density at radius 3 is 3.05 bits per heavy atom. The lowest BCUT2D eigenvalue weighted by atomic mass is 9.79. The fourth-order valence-corrected chi connectivity index (χ4v) is 4.15. The zero-order valence-corrected chi connectivity index (χ0v) is 12.8. The maximum Gasteiger partial charge on any atom is 0.275 e. The average molecular weight is 299 g/mol. The number of hydrogen-bond donors (Lipinski definition) is 1. The molecule has 1 aliphatic heterocycles. The topological polar surface area (TPSA) is 58.2 Å². The third-order valence-electron chi connectivity index (χ3n) is 5.30. The summed E-state index contributed by atoms with van der Waals surface area (Å²) in [7, 11) is 1.79. The number of likely N-dealkylation sites (tertiary alicyclic amines) is 1. The Labute approximate surface area is 129 Å². The quantitative estimate of drug-likeness (QED) is 0.926. The maximum absolute atomic E-state index is 12.9. The summed E-state index contributed by atoms with van der Waals surface area (Å²) in [6.07, 6.45) is 3.82. The van der Waals surface area contributed by atoms with E-state index in [0.29, 0.717) is 23.6 Å². The second kappa shape index (κ2) is 5.39. The lowest BCUT2D eigenvalue weighted by Gasteiger charge is -2.31. The number of H-pyrrole nitrogens is 1. The second-order valence-electron chi connectivity index (χ2n) is 6.46. The SMILES string of the molecule is CO[C@@H]1CCC[C@@H]2CN(C(=O)c3n[nH]c4ccccc34)C[C@@H]21. The molecule has 1 amide bonds. The third-order valence-corrected chi connectivity index (χ3v) is 5.30. The van der Waals surface area contributed by atoms with Crippen molar-refractivity contribution in [1.29, 1.82) is 0 Å². The number of fused-ring (bicyclic) bond motifs is 2. The van der Waals surface area contributed by atoms with E-state index in [2.05, 4.69) is 10.2 Å². The van der Waals surface area contributed by atoms with Gasteiger partial charge in [0.2, 0.25) is 0 Å². The molecule has 1 aromatic carbocycles. The van der Waals surface area contributed by atoms with E-state index in [1.807, 2.05) is 29.2 Å². The van der Waals surface area contributed by atoms with E-state index in [-0.39, 0.29) is 5.91 Å². The number of benzene rings is 1. The van der Waals surface area contributed by atoms with Crippen LogP contribution < -0.4 is 0 Å². The summed E-state index contributed by atoms with van der Waals surface area (Å²) in [5.74, 6) is 1.10. The highest BCUT2D eigenvalue weighted by molar-refractivity contribution is 6.04. The molecule has 2 fully saturated rings. The van der Waals surface area contributed by atoms with Crippen molar-refractivity contribution in [2.45, 2.75) is 25.4 Å². The zero-order chi connectivity index (χ0) is 15.1. The van der Waals surface area contributed by atoms with E-state index in [0.717, 1.165) is 30.4 Å². The lowest BCUT2D eigenvalue weighted by molar-refractivity contribution is 0.0126. The maximum atomic E-state index is 12.9. The summed E-state index contributed by atoms with van der Waals surface area (Å²) >= 11 is 0. The number of carbonyl (C=O) groups excluding carboxylic acids is 1. The normalized spacial score (nSPS) is 28.0. The molecule has 116 valence electrons. The Hall–Kier alpha value is -1.88. The molecule has 0 unspecified atom stereocenters. The summed E-state index contributed by atoms with van der Waals surface area (Å²) in [4.78, 5) is 14.8. The van der Waals surface area contributed by atoms with Crippen molar-refractivity contribution in [2.75, 3.05) is 20.2 Å². The fourth-order valence-electron chi connectivity index (χ4n) is 4.15. The highest BCUT2D eigenvalue weighted by Crippen LogP contribution is 2.38. The molecule has 22 heavy (non-hydrogen) atoms. The van der Waals surface area contributed by atoms with Gasteiger partial charge in [-0.05, 0) is 24.8 Å². The number of hydrogen-bond acceptors (Lipinski definition) is 3. The van der Waals surface area contributed by atoms with E-state index in [1.54, 1.807) is 7.11 Å². The van der Waals surface area contributed by atoms with Crippen LogP contribution in [0.1, 0.15) is 29.8 Å². The summed E-state index contributed by atoms with van der Waals surface area (Å²) in [5.41, 5.74) is 1.46. The molecular weight excluding hydrogens is 278 g/mol. The van der Waals surface area contributed by atoms with E-state index >= 15 is 0 Å². The van der Waals surface area contributed by atoms with Crippen molar-refractivity contribution in [3.63, 3.8) is 0 Å². The predicted molar refractivity (Wildman–Crippen MR) is 83.6 cm³/mol. The van der Waals surface area contributed by atoms with Gasteiger partial charge in [0.15, 0.2) is 5.69 Å². The number of rotatable bonds is 2. The largest absolute Gasteiger partial charge is 0.381 e. The van der Waals surface area contributed by atoms with Gasteiger partial charge in [-0.3, -0.25) is 9.89 Å². The molecule has 0 radical (unpaired) electrons. The molecule has 1 N–H and O–H groups in total. The van der Waals surface area contributed by atoms with Gasteiger partial charge in [0, 0.05) is 31.5 Å². The van der Waals surface area contributed by atoms with Gasteiger partial charge in [0.05, 0.1) is 11.6 Å². The number of aromatic amines is 1. The minimum absolute atomic E-state index is 0.0432. The Morgan fingerprint density at radius 2 is 2.18 bits per heavy atom. The van der Waals surface area contributed by atoms with Gasteiger partial charge >= 0.3 is 0 Å². The molecule has 1 aliphatic carbocycles. The molecular formula is C17H21N3O2. The van der Waals surface area contributed by atoms with Gasteiger partial charge in [0.1, 0.15) is 0 Å². The number of methoxy groups -OCH3 is 1. The number of aromatic nitrogens is 2. The number of para-hydroxylation sites is 1. The first kappa shape index (κ1) is 13.8. The standard InChI is InChI=1S/C17H21N3O2/c1-22-15-8-4-5-11-9-20(10-13(11)15)17(21)16-12-6-2-3-7-14(12)18-19-16/h2-3,6-7,11,13,15H,4-5,8-10H2,1H3,(H,18,19)/t11-,13+,15-/m1/s1. The van der Waals surface area contributed by atoms with E-state index in [4.69, 9.17) is 4.74 Å². The summed E-state index contributed by atoms with van der Waals surface area (Å²) in [6, 6.07) is 7.79. The number of ether oxygens (including phenoxy) is 1. The lowest BCUT2D eigenvalue weighted by Crippen LogP contribution is -2.33. The minimum Gasteiger partial charge on any atom is -0.381 e.